The Bertz CT molecular complexity index is 469. The zero-order valence-corrected chi connectivity index (χ0v) is 9.41. The largest absolute Gasteiger partial charge is 0.480 e. The number of hydrogen-bond acceptors (Lipinski definition) is 3. The van der Waals surface area contributed by atoms with Crippen molar-refractivity contribution in [2.75, 3.05) is 4.90 Å². The minimum Gasteiger partial charge on any atom is -0.480 e. The van der Waals surface area contributed by atoms with Gasteiger partial charge in [-0.1, -0.05) is 6.07 Å². The molecule has 96 valence electrons. The van der Waals surface area contributed by atoms with Crippen LogP contribution in [0.25, 0.3) is 0 Å². The van der Waals surface area contributed by atoms with E-state index in [-0.39, 0.29) is 18.5 Å². The summed E-state index contributed by atoms with van der Waals surface area (Å²) in [4.78, 5) is 23.5. The van der Waals surface area contributed by atoms with Crippen molar-refractivity contribution in [1.82, 2.24) is 0 Å². The van der Waals surface area contributed by atoms with Gasteiger partial charge in [0, 0.05) is 5.69 Å². The van der Waals surface area contributed by atoms with Gasteiger partial charge in [-0.05, 0) is 31.0 Å². The number of carboxylic acid groups (broad SMARTS) is 2. The minimum absolute atomic E-state index is 0.239. The van der Waals surface area contributed by atoms with E-state index >= 15 is 0 Å². The van der Waals surface area contributed by atoms with E-state index in [9.17, 15) is 14.0 Å². The molecule has 0 spiro atoms. The number of halogens is 1. The third-order valence-electron chi connectivity index (χ3n) is 3.06. The van der Waals surface area contributed by atoms with Gasteiger partial charge in [-0.25, -0.2) is 14.0 Å². The van der Waals surface area contributed by atoms with Crippen LogP contribution in [0.4, 0.5) is 10.1 Å². The quantitative estimate of drug-likeness (QED) is 0.849. The van der Waals surface area contributed by atoms with Crippen LogP contribution in [-0.2, 0) is 9.59 Å². The summed E-state index contributed by atoms with van der Waals surface area (Å²) in [5.41, 5.74) is 0.285. The Morgan fingerprint density at radius 3 is 2.17 bits per heavy atom. The third kappa shape index (κ3) is 2.13. The fourth-order valence-electron chi connectivity index (χ4n) is 2.29. The molecule has 1 aliphatic rings. The molecule has 2 N–H and O–H groups in total. The molecule has 1 aromatic rings. The SMILES string of the molecule is O=C(O)C1CCC(C(=O)O)N1c1cccc(F)c1. The number of hydrogen-bond donors (Lipinski definition) is 2. The topological polar surface area (TPSA) is 77.8 Å². The van der Waals surface area contributed by atoms with Gasteiger partial charge < -0.3 is 15.1 Å². The highest BCUT2D eigenvalue weighted by Crippen LogP contribution is 2.31. The molecule has 0 aliphatic carbocycles. The Morgan fingerprint density at radius 1 is 1.17 bits per heavy atom. The van der Waals surface area contributed by atoms with Crippen LogP contribution in [0.3, 0.4) is 0 Å². The zero-order chi connectivity index (χ0) is 13.3. The molecule has 1 saturated heterocycles. The van der Waals surface area contributed by atoms with E-state index in [1.165, 1.54) is 23.1 Å². The van der Waals surface area contributed by atoms with E-state index in [0.717, 1.165) is 6.07 Å². The predicted octanol–water partition coefficient (Wildman–Crippen LogP) is 1.33. The summed E-state index contributed by atoms with van der Waals surface area (Å²) in [5.74, 6) is -2.71. The Balaban J connectivity index is 2.40. The zero-order valence-electron chi connectivity index (χ0n) is 9.41. The van der Waals surface area contributed by atoms with Crippen LogP contribution in [0.5, 0.6) is 0 Å². The van der Waals surface area contributed by atoms with Crippen LogP contribution >= 0.6 is 0 Å². The lowest BCUT2D eigenvalue weighted by atomic mass is 10.2. The molecule has 5 nitrogen and oxygen atoms in total. The van der Waals surface area contributed by atoms with Crippen molar-refractivity contribution in [2.24, 2.45) is 0 Å². The number of carboxylic acids is 2. The van der Waals surface area contributed by atoms with E-state index in [0.29, 0.717) is 0 Å². The van der Waals surface area contributed by atoms with Gasteiger partial charge in [0.2, 0.25) is 0 Å². The second-order valence-corrected chi connectivity index (χ2v) is 4.17. The molecule has 0 bridgehead atoms. The summed E-state index contributed by atoms with van der Waals surface area (Å²) < 4.78 is 13.2. The van der Waals surface area contributed by atoms with Gasteiger partial charge in [-0.2, -0.15) is 0 Å². The van der Waals surface area contributed by atoms with Crippen molar-refractivity contribution >= 4 is 17.6 Å². The van der Waals surface area contributed by atoms with E-state index in [2.05, 4.69) is 0 Å². The molecule has 0 saturated carbocycles. The first kappa shape index (κ1) is 12.3. The maximum atomic E-state index is 13.2. The standard InChI is InChI=1S/C12H12FNO4/c13-7-2-1-3-8(6-7)14-9(11(15)16)4-5-10(14)12(17)18/h1-3,6,9-10H,4-5H2,(H,15,16)(H,17,18). The maximum Gasteiger partial charge on any atom is 0.326 e. The van der Waals surface area contributed by atoms with Crippen molar-refractivity contribution in [2.45, 2.75) is 24.9 Å². The summed E-state index contributed by atoms with van der Waals surface area (Å²) in [6.07, 6.45) is 0.478. The van der Waals surface area contributed by atoms with Crippen molar-refractivity contribution < 1.29 is 24.2 Å². The smallest absolute Gasteiger partial charge is 0.326 e. The van der Waals surface area contributed by atoms with Crippen LogP contribution in [0.1, 0.15) is 12.8 Å². The number of anilines is 1. The number of nitrogens with zero attached hydrogens (tertiary/aromatic N) is 1. The molecule has 1 aliphatic heterocycles. The molecule has 1 fully saturated rings. The highest BCUT2D eigenvalue weighted by atomic mass is 19.1. The highest BCUT2D eigenvalue weighted by Gasteiger charge is 2.41. The molecule has 1 aromatic carbocycles. The summed E-state index contributed by atoms with van der Waals surface area (Å²) in [6.45, 7) is 0. The van der Waals surface area contributed by atoms with Crippen LogP contribution < -0.4 is 4.90 Å². The summed E-state index contributed by atoms with van der Waals surface area (Å²) in [6, 6.07) is 3.48. The van der Waals surface area contributed by atoms with Gasteiger partial charge in [-0.3, -0.25) is 0 Å². The van der Waals surface area contributed by atoms with Crippen LogP contribution in [0.15, 0.2) is 24.3 Å². The average molecular weight is 253 g/mol. The van der Waals surface area contributed by atoms with Crippen LogP contribution in [0, 0.1) is 5.82 Å². The number of carbonyl (C=O) groups is 2. The molecular weight excluding hydrogens is 241 g/mol. The minimum atomic E-state index is -1.09. The molecule has 0 aromatic heterocycles. The van der Waals surface area contributed by atoms with Gasteiger partial charge >= 0.3 is 11.9 Å². The second kappa shape index (κ2) is 4.64. The van der Waals surface area contributed by atoms with Crippen molar-refractivity contribution in [3.05, 3.63) is 30.1 Å². The fraction of sp³-hybridized carbons (Fsp3) is 0.333. The lowest BCUT2D eigenvalue weighted by Gasteiger charge is -2.27. The Kier molecular flexibility index (Phi) is 3.18. The molecule has 2 unspecified atom stereocenters. The van der Waals surface area contributed by atoms with Gasteiger partial charge in [0.25, 0.3) is 0 Å². The maximum absolute atomic E-state index is 13.2. The normalized spacial score (nSPS) is 23.1. The molecule has 1 heterocycles. The Labute approximate surface area is 102 Å². The molecular formula is C12H12FNO4. The summed E-state index contributed by atoms with van der Waals surface area (Å²) in [5, 5.41) is 18.2. The molecule has 2 rings (SSSR count). The number of aliphatic carboxylic acids is 2. The van der Waals surface area contributed by atoms with Gasteiger partial charge in [-0.15, -0.1) is 0 Å². The van der Waals surface area contributed by atoms with E-state index < -0.39 is 29.8 Å². The first-order valence-electron chi connectivity index (χ1n) is 5.50. The number of benzene rings is 1. The molecule has 0 radical (unpaired) electrons. The van der Waals surface area contributed by atoms with E-state index in [1.54, 1.807) is 0 Å². The lowest BCUT2D eigenvalue weighted by molar-refractivity contribution is -0.139. The Morgan fingerprint density at radius 2 is 1.72 bits per heavy atom. The second-order valence-electron chi connectivity index (χ2n) is 4.17. The first-order chi connectivity index (χ1) is 8.50. The van der Waals surface area contributed by atoms with E-state index in [1.807, 2.05) is 0 Å². The van der Waals surface area contributed by atoms with Crippen molar-refractivity contribution in [1.29, 1.82) is 0 Å². The fourth-order valence-corrected chi connectivity index (χ4v) is 2.29. The summed E-state index contributed by atoms with van der Waals surface area (Å²) >= 11 is 0. The lowest BCUT2D eigenvalue weighted by Crippen LogP contribution is -2.44. The number of rotatable bonds is 3. The predicted molar refractivity (Wildman–Crippen MR) is 61.0 cm³/mol. The molecule has 0 amide bonds. The first-order valence-corrected chi connectivity index (χ1v) is 5.50. The van der Waals surface area contributed by atoms with Gasteiger partial charge in [0.05, 0.1) is 0 Å². The average Bonchev–Trinajstić information content (AvgIpc) is 2.73. The summed E-state index contributed by atoms with van der Waals surface area (Å²) in [7, 11) is 0. The van der Waals surface area contributed by atoms with Crippen LogP contribution in [-0.4, -0.2) is 34.2 Å². The highest BCUT2D eigenvalue weighted by molar-refractivity contribution is 5.86. The monoisotopic (exact) mass is 253 g/mol. The van der Waals surface area contributed by atoms with Crippen molar-refractivity contribution in [3.8, 4) is 0 Å². The third-order valence-corrected chi connectivity index (χ3v) is 3.06. The molecule has 6 heteroatoms. The van der Waals surface area contributed by atoms with Gasteiger partial charge in [0.15, 0.2) is 0 Å². The molecule has 18 heavy (non-hydrogen) atoms. The van der Waals surface area contributed by atoms with Crippen LogP contribution in [0.2, 0.25) is 0 Å². The van der Waals surface area contributed by atoms with Crippen molar-refractivity contribution in [3.63, 3.8) is 0 Å². The van der Waals surface area contributed by atoms with Gasteiger partial charge in [0.1, 0.15) is 17.9 Å². The Hall–Kier alpha value is -2.11. The molecule has 2 atom stereocenters. The van der Waals surface area contributed by atoms with E-state index in [4.69, 9.17) is 10.2 Å².